The van der Waals surface area contributed by atoms with Crippen LogP contribution in [0.25, 0.3) is 0 Å². The minimum absolute atomic E-state index is 0.00725. The molecule has 1 saturated carbocycles. The molecular formula is C36H52N6O4. The van der Waals surface area contributed by atoms with Gasteiger partial charge in [0.15, 0.2) is 0 Å². The van der Waals surface area contributed by atoms with Gasteiger partial charge in [-0.2, -0.15) is 9.97 Å². The molecule has 2 amide bonds. The first-order valence-corrected chi connectivity index (χ1v) is 17.8. The van der Waals surface area contributed by atoms with Gasteiger partial charge in [0.25, 0.3) is 5.91 Å². The van der Waals surface area contributed by atoms with E-state index in [4.69, 9.17) is 9.47 Å². The third kappa shape index (κ3) is 7.32. The van der Waals surface area contributed by atoms with Gasteiger partial charge in [-0.1, -0.05) is 39.0 Å². The van der Waals surface area contributed by atoms with Gasteiger partial charge < -0.3 is 19.3 Å². The van der Waals surface area contributed by atoms with Crippen LogP contribution in [0.15, 0.2) is 24.5 Å². The zero-order chi connectivity index (χ0) is 32.1. The molecule has 2 aromatic heterocycles. The average Bonchev–Trinajstić information content (AvgIpc) is 3.06. The highest BCUT2D eigenvalue weighted by Crippen LogP contribution is 2.42. The van der Waals surface area contributed by atoms with Gasteiger partial charge in [-0.3, -0.25) is 14.7 Å². The Morgan fingerprint density at radius 3 is 2.30 bits per heavy atom. The minimum atomic E-state index is -0.329. The number of amides is 2. The Kier molecular flexibility index (Phi) is 10.4. The van der Waals surface area contributed by atoms with Gasteiger partial charge in [-0.05, 0) is 64.0 Å². The molecule has 6 rings (SSSR count). The van der Waals surface area contributed by atoms with Crippen LogP contribution in [-0.4, -0.2) is 92.6 Å². The Morgan fingerprint density at radius 1 is 0.978 bits per heavy atom. The third-order valence-electron chi connectivity index (χ3n) is 11.1. The molecule has 0 aromatic carbocycles. The van der Waals surface area contributed by atoms with Gasteiger partial charge in [0, 0.05) is 76.5 Å². The summed E-state index contributed by atoms with van der Waals surface area (Å²) in [6.07, 6.45) is 16.8. The molecule has 4 aliphatic rings. The Hall–Kier alpha value is -3.27. The summed E-state index contributed by atoms with van der Waals surface area (Å²) in [6.45, 7) is 11.0. The van der Waals surface area contributed by atoms with Crippen molar-refractivity contribution in [3.63, 3.8) is 0 Å². The lowest BCUT2D eigenvalue weighted by Gasteiger charge is -2.52. The molecular weight excluding hydrogens is 580 g/mol. The second-order valence-electron chi connectivity index (χ2n) is 14.1. The Bertz CT molecular complexity index is 1310. The van der Waals surface area contributed by atoms with E-state index in [1.165, 1.54) is 44.9 Å². The molecule has 250 valence electrons. The number of aromatic nitrogens is 3. The lowest BCUT2D eigenvalue weighted by atomic mass is 9.75. The summed E-state index contributed by atoms with van der Waals surface area (Å²) < 4.78 is 12.2. The average molecular weight is 633 g/mol. The van der Waals surface area contributed by atoms with Gasteiger partial charge in [-0.25, -0.2) is 4.79 Å². The van der Waals surface area contributed by atoms with Crippen molar-refractivity contribution in [2.75, 3.05) is 39.3 Å². The van der Waals surface area contributed by atoms with E-state index in [0.717, 1.165) is 58.3 Å². The fourth-order valence-electron chi connectivity index (χ4n) is 8.39. The van der Waals surface area contributed by atoms with Gasteiger partial charge in [0.1, 0.15) is 11.4 Å². The Labute approximate surface area is 274 Å². The predicted molar refractivity (Wildman–Crippen MR) is 176 cm³/mol. The maximum absolute atomic E-state index is 13.6. The summed E-state index contributed by atoms with van der Waals surface area (Å²) in [4.78, 5) is 46.6. The molecule has 0 bridgehead atoms. The van der Waals surface area contributed by atoms with Crippen molar-refractivity contribution in [2.45, 2.75) is 109 Å². The monoisotopic (exact) mass is 632 g/mol. The molecule has 2 aromatic rings. The normalized spacial score (nSPS) is 23.0. The van der Waals surface area contributed by atoms with Crippen molar-refractivity contribution in [3.05, 3.63) is 41.5 Å². The smallest absolute Gasteiger partial charge is 0.410 e. The summed E-state index contributed by atoms with van der Waals surface area (Å²) in [5, 5.41) is 0. The van der Waals surface area contributed by atoms with E-state index in [1.807, 2.05) is 18.7 Å². The maximum atomic E-state index is 13.6. The number of hydrogen-bond donors (Lipinski definition) is 0. The SMILES string of the molecule is CCCCC1CN(CC2CCCCC2)C(=O)OC12CCN(C1CCN(C(=O)c3c(C)nc(Oc4ccncc4)nc3C)CC1)CC2. The lowest BCUT2D eigenvalue weighted by molar-refractivity contribution is -0.127. The van der Waals surface area contributed by atoms with Gasteiger partial charge in [0.2, 0.25) is 0 Å². The van der Waals surface area contributed by atoms with Crippen LogP contribution >= 0.6 is 0 Å². The number of aryl methyl sites for hydroxylation is 2. The largest absolute Gasteiger partial charge is 0.442 e. The number of rotatable bonds is 9. The number of unbranched alkanes of at least 4 members (excludes halogenated alkanes) is 1. The first-order chi connectivity index (χ1) is 22.3. The van der Waals surface area contributed by atoms with Crippen molar-refractivity contribution in [2.24, 2.45) is 11.8 Å². The summed E-state index contributed by atoms with van der Waals surface area (Å²) >= 11 is 0. The van der Waals surface area contributed by atoms with Crippen LogP contribution in [0.5, 0.6) is 11.8 Å². The van der Waals surface area contributed by atoms with E-state index in [0.29, 0.717) is 53.7 Å². The zero-order valence-corrected chi connectivity index (χ0v) is 28.1. The number of carbonyl (C=O) groups excluding carboxylic acids is 2. The highest BCUT2D eigenvalue weighted by Gasteiger charge is 2.50. The van der Waals surface area contributed by atoms with Gasteiger partial charge >= 0.3 is 12.1 Å². The van der Waals surface area contributed by atoms with Crippen LogP contribution in [0.2, 0.25) is 0 Å². The van der Waals surface area contributed by atoms with Crippen LogP contribution in [0, 0.1) is 25.7 Å². The molecule has 10 nitrogen and oxygen atoms in total. The number of carbonyl (C=O) groups is 2. The number of nitrogens with zero attached hydrogens (tertiary/aromatic N) is 6. The van der Waals surface area contributed by atoms with Crippen molar-refractivity contribution in [1.82, 2.24) is 29.7 Å². The van der Waals surface area contributed by atoms with E-state index >= 15 is 0 Å². The fraction of sp³-hybridized carbons (Fsp3) is 0.694. The Morgan fingerprint density at radius 2 is 1.65 bits per heavy atom. The summed E-state index contributed by atoms with van der Waals surface area (Å²) in [6, 6.07) is 4.17. The third-order valence-corrected chi connectivity index (χ3v) is 11.1. The van der Waals surface area contributed by atoms with Crippen molar-refractivity contribution in [1.29, 1.82) is 0 Å². The molecule has 46 heavy (non-hydrogen) atoms. The molecule has 1 spiro atoms. The van der Waals surface area contributed by atoms with Crippen LogP contribution in [0.3, 0.4) is 0 Å². The van der Waals surface area contributed by atoms with Gasteiger partial charge in [-0.15, -0.1) is 0 Å². The molecule has 1 unspecified atom stereocenters. The van der Waals surface area contributed by atoms with Crippen molar-refractivity contribution < 1.29 is 19.1 Å². The fourth-order valence-corrected chi connectivity index (χ4v) is 8.39. The second kappa shape index (κ2) is 14.7. The molecule has 3 aliphatic heterocycles. The van der Waals surface area contributed by atoms with Gasteiger partial charge in [0.05, 0.1) is 17.0 Å². The molecule has 10 heteroatoms. The van der Waals surface area contributed by atoms with E-state index in [9.17, 15) is 9.59 Å². The van der Waals surface area contributed by atoms with E-state index < -0.39 is 0 Å². The quantitative estimate of drug-likeness (QED) is 0.307. The Balaban J connectivity index is 1.03. The number of hydrogen-bond acceptors (Lipinski definition) is 8. The topological polar surface area (TPSA) is 101 Å². The lowest BCUT2D eigenvalue weighted by Crippen LogP contribution is -2.61. The first kappa shape index (κ1) is 32.7. The highest BCUT2D eigenvalue weighted by atomic mass is 16.6. The predicted octanol–water partition coefficient (Wildman–Crippen LogP) is 6.56. The minimum Gasteiger partial charge on any atom is -0.442 e. The summed E-state index contributed by atoms with van der Waals surface area (Å²) in [5.74, 6) is 1.64. The highest BCUT2D eigenvalue weighted by molar-refractivity contribution is 5.96. The van der Waals surface area contributed by atoms with Crippen LogP contribution in [0.1, 0.15) is 106 Å². The van der Waals surface area contributed by atoms with E-state index in [-0.39, 0.29) is 23.6 Å². The molecule has 0 N–H and O–H groups in total. The number of ether oxygens (including phenoxy) is 2. The second-order valence-corrected chi connectivity index (χ2v) is 14.1. The molecule has 0 radical (unpaired) electrons. The number of likely N-dealkylation sites (tertiary alicyclic amines) is 2. The van der Waals surface area contributed by atoms with Crippen LogP contribution in [-0.2, 0) is 4.74 Å². The number of pyridine rings is 1. The maximum Gasteiger partial charge on any atom is 0.410 e. The number of piperidine rings is 2. The molecule has 1 atom stereocenters. The van der Waals surface area contributed by atoms with Crippen LogP contribution < -0.4 is 4.74 Å². The molecule has 4 fully saturated rings. The standard InChI is InChI=1S/C36H52N6O4/c1-4-5-11-29-25-42(24-28-9-7-6-8-10-28)35(44)46-36(29)16-22-40(23-17-36)30-14-20-41(21-15-30)33(43)32-26(2)38-34(39-27(32)3)45-31-12-18-37-19-13-31/h12-13,18-19,28-30H,4-11,14-17,20-25H2,1-3H3. The van der Waals surface area contributed by atoms with Crippen molar-refractivity contribution in [3.8, 4) is 11.8 Å². The van der Waals surface area contributed by atoms with E-state index in [1.54, 1.807) is 24.5 Å². The summed E-state index contributed by atoms with van der Waals surface area (Å²) in [5.41, 5.74) is 1.49. The van der Waals surface area contributed by atoms with Crippen LogP contribution in [0.4, 0.5) is 4.79 Å². The molecule has 5 heterocycles. The molecule has 1 aliphatic carbocycles. The summed E-state index contributed by atoms with van der Waals surface area (Å²) in [7, 11) is 0. The molecule has 3 saturated heterocycles. The first-order valence-electron chi connectivity index (χ1n) is 17.8. The zero-order valence-electron chi connectivity index (χ0n) is 28.1. The van der Waals surface area contributed by atoms with Crippen molar-refractivity contribution >= 4 is 12.0 Å². The van der Waals surface area contributed by atoms with E-state index in [2.05, 4.69) is 31.7 Å².